The summed E-state index contributed by atoms with van der Waals surface area (Å²) in [4.78, 5) is 26.4. The zero-order valence-corrected chi connectivity index (χ0v) is 19.6. The molecule has 1 aliphatic heterocycles. The fourth-order valence-electron chi connectivity index (χ4n) is 4.26. The number of hydrogen-bond donors (Lipinski definition) is 2. The third-order valence-electron chi connectivity index (χ3n) is 5.90. The molecule has 1 aliphatic carbocycles. The molecule has 1 aromatic carbocycles. The Bertz CT molecular complexity index is 1270. The van der Waals surface area contributed by atoms with E-state index in [0.29, 0.717) is 5.56 Å². The van der Waals surface area contributed by atoms with E-state index in [1.165, 1.54) is 28.5 Å². The van der Waals surface area contributed by atoms with Gasteiger partial charge >= 0.3 is 12.6 Å². The van der Waals surface area contributed by atoms with Gasteiger partial charge < -0.3 is 19.7 Å². The van der Waals surface area contributed by atoms with E-state index in [0.717, 1.165) is 36.2 Å². The summed E-state index contributed by atoms with van der Waals surface area (Å²) in [5.41, 5.74) is 0.772. The van der Waals surface area contributed by atoms with Gasteiger partial charge in [-0.25, -0.2) is 4.79 Å². The van der Waals surface area contributed by atoms with Crippen LogP contribution in [-0.2, 0) is 6.42 Å². The molecule has 0 radical (unpaired) electrons. The van der Waals surface area contributed by atoms with Crippen LogP contribution in [0.1, 0.15) is 52.6 Å². The lowest BCUT2D eigenvalue weighted by atomic mass is 10.0. The Labute approximate surface area is 196 Å². The van der Waals surface area contributed by atoms with Gasteiger partial charge in [0.1, 0.15) is 5.56 Å². The second-order valence-electron chi connectivity index (χ2n) is 7.95. The first-order chi connectivity index (χ1) is 14.8. The zero-order chi connectivity index (χ0) is 21.9. The standard InChI is InChI=1S/C22H20F2N2O4S.BrH/c1-10-14-8-17(31-16(14)6-7-25-10)12-4-5-13-18(20(12)30-22(23)24)26(11-2-3-11)9-15(19(13)27)21(28)29;/h4-5,8-11,22,25H,2-3,6-7H2,1H3,(H,28,29);1H. The van der Waals surface area contributed by atoms with Crippen molar-refractivity contribution in [2.24, 2.45) is 0 Å². The van der Waals surface area contributed by atoms with Crippen molar-refractivity contribution < 1.29 is 23.4 Å². The number of rotatable bonds is 5. The molecule has 5 rings (SSSR count). The molecule has 3 heterocycles. The molecule has 170 valence electrons. The predicted octanol–water partition coefficient (Wildman–Crippen LogP) is 5.15. The van der Waals surface area contributed by atoms with E-state index in [-0.39, 0.29) is 51.3 Å². The van der Waals surface area contributed by atoms with Crippen molar-refractivity contribution in [2.45, 2.75) is 44.9 Å². The highest BCUT2D eigenvalue weighted by molar-refractivity contribution is 8.93. The summed E-state index contributed by atoms with van der Waals surface area (Å²) in [6.45, 7) is -0.170. The Morgan fingerprint density at radius 2 is 2.09 bits per heavy atom. The lowest BCUT2D eigenvalue weighted by molar-refractivity contribution is -0.0486. The van der Waals surface area contributed by atoms with Gasteiger partial charge in [0.25, 0.3) is 0 Å². The van der Waals surface area contributed by atoms with Crippen molar-refractivity contribution in [2.75, 3.05) is 6.54 Å². The fraction of sp³-hybridized carbons (Fsp3) is 0.364. The molecule has 1 unspecified atom stereocenters. The average molecular weight is 527 g/mol. The van der Waals surface area contributed by atoms with Gasteiger partial charge in [0.15, 0.2) is 5.75 Å². The van der Waals surface area contributed by atoms with Crippen LogP contribution in [0.15, 0.2) is 29.2 Å². The number of nitrogens with one attached hydrogen (secondary N) is 1. The van der Waals surface area contributed by atoms with Crippen molar-refractivity contribution in [3.8, 4) is 16.2 Å². The molecule has 0 spiro atoms. The van der Waals surface area contributed by atoms with Gasteiger partial charge in [-0.3, -0.25) is 4.79 Å². The molecule has 2 N–H and O–H groups in total. The highest BCUT2D eigenvalue weighted by Crippen LogP contribution is 2.46. The van der Waals surface area contributed by atoms with Crippen LogP contribution in [0.2, 0.25) is 0 Å². The Kier molecular flexibility index (Phi) is 6.12. The van der Waals surface area contributed by atoms with Crippen LogP contribution in [0.3, 0.4) is 0 Å². The van der Waals surface area contributed by atoms with E-state index in [1.54, 1.807) is 10.6 Å². The molecule has 0 amide bonds. The molecule has 1 atom stereocenters. The Morgan fingerprint density at radius 1 is 1.34 bits per heavy atom. The smallest absolute Gasteiger partial charge is 0.387 e. The van der Waals surface area contributed by atoms with Crippen LogP contribution in [0.25, 0.3) is 21.3 Å². The third kappa shape index (κ3) is 3.84. The van der Waals surface area contributed by atoms with Crippen molar-refractivity contribution in [1.29, 1.82) is 0 Å². The van der Waals surface area contributed by atoms with E-state index < -0.39 is 18.0 Å². The topological polar surface area (TPSA) is 80.6 Å². The maximum atomic E-state index is 13.5. The minimum atomic E-state index is -3.08. The number of carbonyl (C=O) groups is 1. The minimum Gasteiger partial charge on any atom is -0.477 e. The van der Waals surface area contributed by atoms with Crippen molar-refractivity contribution in [1.82, 2.24) is 9.88 Å². The molecule has 3 aromatic rings. The quantitative estimate of drug-likeness (QED) is 0.480. The van der Waals surface area contributed by atoms with E-state index in [1.807, 2.05) is 6.07 Å². The minimum absolute atomic E-state index is 0. The SMILES string of the molecule is Br.CC1NCCc2sc(-c3ccc4c(=O)c(C(=O)O)cn(C5CC5)c4c3OC(F)F)cc21. The number of nitrogens with zero attached hydrogens (tertiary/aromatic N) is 1. The van der Waals surface area contributed by atoms with Crippen molar-refractivity contribution >= 4 is 45.2 Å². The number of ether oxygens (including phenoxy) is 1. The molecule has 32 heavy (non-hydrogen) atoms. The van der Waals surface area contributed by atoms with Gasteiger partial charge in [0.05, 0.1) is 10.9 Å². The molecule has 6 nitrogen and oxygen atoms in total. The van der Waals surface area contributed by atoms with Gasteiger partial charge in [-0.15, -0.1) is 28.3 Å². The van der Waals surface area contributed by atoms with Gasteiger partial charge in [-0.1, -0.05) is 0 Å². The van der Waals surface area contributed by atoms with E-state index in [2.05, 4.69) is 12.2 Å². The molecule has 0 saturated heterocycles. The monoisotopic (exact) mass is 526 g/mol. The number of halogens is 3. The van der Waals surface area contributed by atoms with Crippen LogP contribution in [0.4, 0.5) is 8.78 Å². The van der Waals surface area contributed by atoms with Crippen LogP contribution < -0.4 is 15.5 Å². The second-order valence-corrected chi connectivity index (χ2v) is 9.08. The number of thiophene rings is 1. The van der Waals surface area contributed by atoms with Gasteiger partial charge in [-0.2, -0.15) is 8.78 Å². The number of pyridine rings is 1. The molecular weight excluding hydrogens is 506 g/mol. The van der Waals surface area contributed by atoms with Gasteiger partial charge in [0, 0.05) is 40.1 Å². The van der Waals surface area contributed by atoms with Crippen molar-refractivity contribution in [3.05, 3.63) is 50.6 Å². The van der Waals surface area contributed by atoms with E-state index in [4.69, 9.17) is 4.74 Å². The average Bonchev–Trinajstić information content (AvgIpc) is 3.46. The highest BCUT2D eigenvalue weighted by atomic mass is 79.9. The van der Waals surface area contributed by atoms with Crippen LogP contribution in [-0.4, -0.2) is 28.8 Å². The number of carboxylic acids is 1. The molecular formula is C22H21BrF2N2O4S. The fourth-order valence-corrected chi connectivity index (χ4v) is 5.54. The summed E-state index contributed by atoms with van der Waals surface area (Å²) in [7, 11) is 0. The molecule has 0 bridgehead atoms. The maximum absolute atomic E-state index is 13.5. The molecule has 2 aromatic heterocycles. The van der Waals surface area contributed by atoms with Gasteiger partial charge in [-0.05, 0) is 49.9 Å². The van der Waals surface area contributed by atoms with E-state index >= 15 is 0 Å². The number of alkyl halides is 2. The summed E-state index contributed by atoms with van der Waals surface area (Å²) < 4.78 is 33.6. The lowest BCUT2D eigenvalue weighted by Crippen LogP contribution is -2.26. The summed E-state index contributed by atoms with van der Waals surface area (Å²) in [5.74, 6) is -1.42. The number of hydrogen-bond acceptors (Lipinski definition) is 5. The first kappa shape index (κ1) is 22.9. The summed E-state index contributed by atoms with van der Waals surface area (Å²) in [6, 6.07) is 5.21. The molecule has 1 saturated carbocycles. The Morgan fingerprint density at radius 3 is 2.72 bits per heavy atom. The largest absolute Gasteiger partial charge is 0.477 e. The Balaban J connectivity index is 0.00000245. The van der Waals surface area contributed by atoms with Crippen molar-refractivity contribution in [3.63, 3.8) is 0 Å². The first-order valence-corrected chi connectivity index (χ1v) is 10.9. The number of carboxylic acid groups (broad SMARTS) is 1. The maximum Gasteiger partial charge on any atom is 0.387 e. The number of benzene rings is 1. The lowest BCUT2D eigenvalue weighted by Gasteiger charge is -2.19. The molecule has 2 aliphatic rings. The van der Waals surface area contributed by atoms with E-state index in [9.17, 15) is 23.5 Å². The van der Waals surface area contributed by atoms with Gasteiger partial charge in [0.2, 0.25) is 5.43 Å². The predicted molar refractivity (Wildman–Crippen MR) is 124 cm³/mol. The normalized spacial score (nSPS) is 17.8. The first-order valence-electron chi connectivity index (χ1n) is 10.1. The molecule has 1 fully saturated rings. The number of fused-ring (bicyclic) bond motifs is 2. The summed E-state index contributed by atoms with van der Waals surface area (Å²) in [6.07, 6.45) is 3.69. The number of aromatic carboxylic acids is 1. The number of aromatic nitrogens is 1. The zero-order valence-electron chi connectivity index (χ0n) is 17.1. The van der Waals surface area contributed by atoms with Crippen LogP contribution in [0, 0.1) is 0 Å². The third-order valence-corrected chi connectivity index (χ3v) is 7.14. The highest BCUT2D eigenvalue weighted by Gasteiger charge is 2.30. The van der Waals surface area contributed by atoms with Crippen LogP contribution in [0.5, 0.6) is 5.75 Å². The summed E-state index contributed by atoms with van der Waals surface area (Å²) in [5, 5.41) is 12.9. The second kappa shape index (κ2) is 8.57. The molecule has 10 heteroatoms. The Hall–Kier alpha value is -2.30. The summed E-state index contributed by atoms with van der Waals surface area (Å²) >= 11 is 1.54. The van der Waals surface area contributed by atoms with Crippen LogP contribution >= 0.6 is 28.3 Å².